The van der Waals surface area contributed by atoms with E-state index < -0.39 is 11.9 Å². The lowest BCUT2D eigenvalue weighted by Crippen LogP contribution is -2.31. The number of hydrogen-bond donors (Lipinski definition) is 5. The van der Waals surface area contributed by atoms with Crippen LogP contribution in [0.3, 0.4) is 0 Å². The number of benzene rings is 2. The highest BCUT2D eigenvalue weighted by atomic mass is 16.2. The average Bonchev–Trinajstić information content (AvgIpc) is 3.00. The van der Waals surface area contributed by atoms with Crippen LogP contribution in [-0.2, 0) is 4.79 Å². The molecule has 0 spiro atoms. The van der Waals surface area contributed by atoms with Crippen molar-refractivity contribution < 1.29 is 14.4 Å². The molecule has 4 amide bonds. The first-order valence-corrected chi connectivity index (χ1v) is 7.57. The molecule has 3 rings (SSSR count). The second-order valence-corrected chi connectivity index (χ2v) is 5.43. The Balaban J connectivity index is 1.88. The van der Waals surface area contributed by atoms with Crippen molar-refractivity contribution in [1.29, 1.82) is 0 Å². The normalized spacial score (nSPS) is 10.3. The number of anilines is 3. The zero-order chi connectivity index (χ0) is 18.7. The van der Waals surface area contributed by atoms with E-state index in [0.29, 0.717) is 28.7 Å². The minimum atomic E-state index is -0.730. The maximum absolute atomic E-state index is 12.1. The summed E-state index contributed by atoms with van der Waals surface area (Å²) in [6, 6.07) is 13.4. The van der Waals surface area contributed by atoms with Gasteiger partial charge < -0.3 is 21.4 Å². The highest BCUT2D eigenvalue weighted by molar-refractivity contribution is 6.13. The van der Waals surface area contributed by atoms with Crippen molar-refractivity contribution in [3.8, 4) is 0 Å². The summed E-state index contributed by atoms with van der Waals surface area (Å²) < 4.78 is 0. The molecule has 1 aromatic heterocycles. The van der Waals surface area contributed by atoms with E-state index in [1.807, 2.05) is 6.07 Å². The van der Waals surface area contributed by atoms with Gasteiger partial charge in [-0.2, -0.15) is 0 Å². The molecule has 0 fully saturated rings. The number of para-hydroxylation sites is 1. The molecule has 26 heavy (non-hydrogen) atoms. The number of aromatic amines is 1. The number of nitrogens with zero attached hydrogens (tertiary/aromatic N) is 1. The quantitative estimate of drug-likeness (QED) is 0.206. The van der Waals surface area contributed by atoms with Crippen molar-refractivity contribution in [1.82, 2.24) is 4.98 Å². The molecule has 9 nitrogen and oxygen atoms in total. The van der Waals surface area contributed by atoms with Gasteiger partial charge in [0.1, 0.15) is 5.82 Å². The van der Waals surface area contributed by atoms with Gasteiger partial charge in [0.2, 0.25) is 6.41 Å². The van der Waals surface area contributed by atoms with E-state index in [2.05, 4.69) is 15.6 Å². The first kappa shape index (κ1) is 17.0. The van der Waals surface area contributed by atoms with Gasteiger partial charge in [-0.3, -0.25) is 9.59 Å². The number of carbonyl (C=O) groups excluding carboxylic acids is 3. The van der Waals surface area contributed by atoms with Gasteiger partial charge in [-0.1, -0.05) is 18.2 Å². The van der Waals surface area contributed by atoms with Gasteiger partial charge in [0.05, 0.1) is 5.56 Å². The van der Waals surface area contributed by atoms with Crippen LogP contribution in [0.1, 0.15) is 10.4 Å². The van der Waals surface area contributed by atoms with Crippen molar-refractivity contribution in [2.45, 2.75) is 0 Å². The zero-order valence-electron chi connectivity index (χ0n) is 13.5. The zero-order valence-corrected chi connectivity index (χ0v) is 13.5. The van der Waals surface area contributed by atoms with Crippen LogP contribution < -0.4 is 27.2 Å². The van der Waals surface area contributed by atoms with Gasteiger partial charge in [-0.05, 0) is 30.3 Å². The molecule has 0 aliphatic carbocycles. The third-order valence-electron chi connectivity index (χ3n) is 3.69. The fourth-order valence-corrected chi connectivity index (χ4v) is 2.57. The van der Waals surface area contributed by atoms with Crippen LogP contribution >= 0.6 is 0 Å². The molecule has 0 aliphatic heterocycles. The van der Waals surface area contributed by atoms with Crippen molar-refractivity contribution in [3.63, 3.8) is 0 Å². The molecule has 0 unspecified atom stereocenters. The number of carbonyl (C=O) groups is 3. The maximum atomic E-state index is 12.1. The summed E-state index contributed by atoms with van der Waals surface area (Å²) in [7, 11) is 0. The number of rotatable bonds is 5. The molecule has 2 aromatic carbocycles. The van der Waals surface area contributed by atoms with E-state index in [9.17, 15) is 14.4 Å². The molecule has 3 aromatic rings. The average molecular weight is 352 g/mol. The number of urea groups is 1. The fourth-order valence-electron chi connectivity index (χ4n) is 2.57. The molecule has 0 bridgehead atoms. The van der Waals surface area contributed by atoms with Gasteiger partial charge in [0, 0.05) is 22.3 Å². The first-order chi connectivity index (χ1) is 12.5. The Kier molecular flexibility index (Phi) is 4.54. The Morgan fingerprint density at radius 2 is 1.73 bits per heavy atom. The van der Waals surface area contributed by atoms with E-state index >= 15 is 0 Å². The molecular formula is C17H16N6O3. The SMILES string of the molecule is NC(=O)c1c(N(N)C=O)[nH]c2cc(NC(=O)Nc3ccccc3)ccc12. The molecule has 0 saturated carbocycles. The van der Waals surface area contributed by atoms with Crippen LogP contribution in [0, 0.1) is 0 Å². The number of amides is 4. The van der Waals surface area contributed by atoms with Gasteiger partial charge in [0.25, 0.3) is 5.91 Å². The van der Waals surface area contributed by atoms with Crippen LogP contribution in [0.5, 0.6) is 0 Å². The summed E-state index contributed by atoms with van der Waals surface area (Å²) >= 11 is 0. The fraction of sp³-hybridized carbons (Fsp3) is 0. The third-order valence-corrected chi connectivity index (χ3v) is 3.69. The Morgan fingerprint density at radius 3 is 2.38 bits per heavy atom. The van der Waals surface area contributed by atoms with Gasteiger partial charge >= 0.3 is 6.03 Å². The number of H-pyrrole nitrogens is 1. The largest absolute Gasteiger partial charge is 0.365 e. The van der Waals surface area contributed by atoms with E-state index in [0.717, 1.165) is 5.01 Å². The minimum Gasteiger partial charge on any atom is -0.365 e. The molecule has 0 atom stereocenters. The van der Waals surface area contributed by atoms with Crippen LogP contribution in [-0.4, -0.2) is 23.3 Å². The smallest absolute Gasteiger partial charge is 0.323 e. The molecule has 0 aliphatic rings. The van der Waals surface area contributed by atoms with E-state index in [1.165, 1.54) is 0 Å². The Bertz CT molecular complexity index is 983. The van der Waals surface area contributed by atoms with Crippen LogP contribution in [0.2, 0.25) is 0 Å². The summed E-state index contributed by atoms with van der Waals surface area (Å²) in [4.78, 5) is 37.5. The summed E-state index contributed by atoms with van der Waals surface area (Å²) in [6.45, 7) is 0. The highest BCUT2D eigenvalue weighted by Crippen LogP contribution is 2.29. The number of nitrogens with two attached hydrogens (primary N) is 2. The molecule has 7 N–H and O–H groups in total. The van der Waals surface area contributed by atoms with Gasteiger partial charge in [-0.15, -0.1) is 0 Å². The highest BCUT2D eigenvalue weighted by Gasteiger charge is 2.19. The molecule has 0 radical (unpaired) electrons. The monoisotopic (exact) mass is 352 g/mol. The summed E-state index contributed by atoms with van der Waals surface area (Å²) in [5, 5.41) is 6.59. The lowest BCUT2D eigenvalue weighted by atomic mass is 10.1. The second-order valence-electron chi connectivity index (χ2n) is 5.43. The van der Waals surface area contributed by atoms with Gasteiger partial charge in [0.15, 0.2) is 0 Å². The first-order valence-electron chi connectivity index (χ1n) is 7.57. The minimum absolute atomic E-state index is 0.0772. The van der Waals surface area contributed by atoms with Crippen LogP contribution in [0.4, 0.5) is 22.0 Å². The summed E-state index contributed by atoms with van der Waals surface area (Å²) in [5.41, 5.74) is 7.09. The van der Waals surface area contributed by atoms with Gasteiger partial charge in [-0.25, -0.2) is 15.6 Å². The standard InChI is InChI=1S/C17H16N6O3/c18-15(25)14-12-7-6-11(8-13(12)22-16(14)23(19)9-24)21-17(26)20-10-4-2-1-3-5-10/h1-9,22H,19H2,(H2,18,25)(H2,20,21,26). The molecular weight excluding hydrogens is 336 g/mol. The number of aromatic nitrogens is 1. The van der Waals surface area contributed by atoms with E-state index in [1.54, 1.807) is 42.5 Å². The Labute approximate surface area is 147 Å². The number of nitrogens with one attached hydrogen (secondary N) is 3. The summed E-state index contributed by atoms with van der Waals surface area (Å²) in [5.74, 6) is 4.89. The van der Waals surface area contributed by atoms with E-state index in [4.69, 9.17) is 11.6 Å². The topological polar surface area (TPSA) is 146 Å². The second kappa shape index (κ2) is 6.95. The van der Waals surface area contributed by atoms with Crippen molar-refractivity contribution in [3.05, 3.63) is 54.1 Å². The van der Waals surface area contributed by atoms with Crippen molar-refractivity contribution in [2.75, 3.05) is 15.6 Å². The number of hydrogen-bond acceptors (Lipinski definition) is 4. The van der Waals surface area contributed by atoms with E-state index in [-0.39, 0.29) is 11.4 Å². The number of primary amides is 1. The molecule has 0 saturated heterocycles. The number of fused-ring (bicyclic) bond motifs is 1. The molecule has 9 heteroatoms. The predicted molar refractivity (Wildman–Crippen MR) is 98.6 cm³/mol. The lowest BCUT2D eigenvalue weighted by Gasteiger charge is -2.08. The summed E-state index contributed by atoms with van der Waals surface area (Å²) in [6.07, 6.45) is 0.351. The number of hydrazine groups is 1. The lowest BCUT2D eigenvalue weighted by molar-refractivity contribution is -0.107. The maximum Gasteiger partial charge on any atom is 0.323 e. The Morgan fingerprint density at radius 1 is 1.04 bits per heavy atom. The predicted octanol–water partition coefficient (Wildman–Crippen LogP) is 1.75. The Hall–Kier alpha value is -3.85. The van der Waals surface area contributed by atoms with Crippen LogP contribution in [0.25, 0.3) is 10.9 Å². The van der Waals surface area contributed by atoms with Crippen molar-refractivity contribution >= 4 is 46.4 Å². The molecule has 1 heterocycles. The van der Waals surface area contributed by atoms with Crippen molar-refractivity contribution in [2.24, 2.45) is 11.6 Å². The van der Waals surface area contributed by atoms with Crippen LogP contribution in [0.15, 0.2) is 48.5 Å². The third kappa shape index (κ3) is 3.32. The molecule has 132 valence electrons.